The van der Waals surface area contributed by atoms with Gasteiger partial charge in [-0.25, -0.2) is 4.98 Å². The third-order valence-electron chi connectivity index (χ3n) is 3.11. The van der Waals surface area contributed by atoms with Crippen LogP contribution in [-0.2, 0) is 0 Å². The van der Waals surface area contributed by atoms with Crippen molar-refractivity contribution in [2.75, 3.05) is 0 Å². The van der Waals surface area contributed by atoms with E-state index >= 15 is 0 Å². The maximum atomic E-state index is 6.27. The average molecular weight is 383 g/mol. The topological polar surface area (TPSA) is 28.7 Å². The summed E-state index contributed by atoms with van der Waals surface area (Å²) in [6.07, 6.45) is 0. The maximum Gasteiger partial charge on any atom is 0.140 e. The molecule has 19 heavy (non-hydrogen) atoms. The van der Waals surface area contributed by atoms with Gasteiger partial charge < -0.3 is 4.98 Å². The van der Waals surface area contributed by atoms with E-state index in [9.17, 15) is 0 Å². The minimum absolute atomic E-state index is 0.717. The van der Waals surface area contributed by atoms with Crippen molar-refractivity contribution in [3.05, 3.63) is 50.1 Å². The Morgan fingerprint density at radius 3 is 2.74 bits per heavy atom. The Balaban J connectivity index is 2.26. The van der Waals surface area contributed by atoms with E-state index in [-0.39, 0.29) is 0 Å². The van der Waals surface area contributed by atoms with E-state index in [1.807, 2.05) is 18.2 Å². The summed E-state index contributed by atoms with van der Waals surface area (Å²) >= 11 is 8.55. The fourth-order valence-electron chi connectivity index (χ4n) is 2.28. The molecule has 0 aliphatic rings. The molecule has 0 unspecified atom stereocenters. The molecular formula is C15H12ClIN2. The van der Waals surface area contributed by atoms with Crippen molar-refractivity contribution in [3.63, 3.8) is 0 Å². The molecule has 0 atom stereocenters. The number of hydrogen-bond acceptors (Lipinski definition) is 1. The third-order valence-corrected chi connectivity index (χ3v) is 4.11. The fraction of sp³-hybridized carbons (Fsp3) is 0.133. The molecular weight excluding hydrogens is 371 g/mol. The zero-order valence-electron chi connectivity index (χ0n) is 10.6. The standard InChI is InChI=1S/C15H12ClIN2/c1-8-5-9(2)14-13(6-8)18-15(19-14)11-7-10(17)3-4-12(11)16/h3-7H,1-2H3,(H,18,19). The number of benzene rings is 2. The second kappa shape index (κ2) is 4.80. The van der Waals surface area contributed by atoms with Crippen molar-refractivity contribution >= 4 is 45.2 Å². The molecule has 3 aromatic rings. The predicted octanol–water partition coefficient (Wildman–Crippen LogP) is 5.10. The van der Waals surface area contributed by atoms with Crippen LogP contribution in [0.25, 0.3) is 22.4 Å². The van der Waals surface area contributed by atoms with Crippen LogP contribution in [0, 0.1) is 17.4 Å². The van der Waals surface area contributed by atoms with Crippen LogP contribution >= 0.6 is 34.2 Å². The number of H-pyrrole nitrogens is 1. The first-order valence-corrected chi connectivity index (χ1v) is 7.42. The van der Waals surface area contributed by atoms with Crippen molar-refractivity contribution in [1.29, 1.82) is 0 Å². The number of nitrogens with zero attached hydrogens (tertiary/aromatic N) is 1. The summed E-state index contributed by atoms with van der Waals surface area (Å²) in [7, 11) is 0. The number of nitrogens with one attached hydrogen (secondary N) is 1. The van der Waals surface area contributed by atoms with Gasteiger partial charge in [-0.15, -0.1) is 0 Å². The lowest BCUT2D eigenvalue weighted by Crippen LogP contribution is -1.83. The van der Waals surface area contributed by atoms with Gasteiger partial charge in [-0.05, 0) is 71.8 Å². The van der Waals surface area contributed by atoms with Crippen LogP contribution in [0.4, 0.5) is 0 Å². The lowest BCUT2D eigenvalue weighted by Gasteiger charge is -2.00. The molecule has 1 heterocycles. The molecule has 2 nitrogen and oxygen atoms in total. The lowest BCUT2D eigenvalue weighted by atomic mass is 10.1. The van der Waals surface area contributed by atoms with Crippen LogP contribution in [-0.4, -0.2) is 9.97 Å². The molecule has 1 aromatic heterocycles. The molecule has 0 bridgehead atoms. The van der Waals surface area contributed by atoms with Gasteiger partial charge in [0.1, 0.15) is 5.82 Å². The monoisotopic (exact) mass is 382 g/mol. The fourth-order valence-corrected chi connectivity index (χ4v) is 2.98. The summed E-state index contributed by atoms with van der Waals surface area (Å²) < 4.78 is 1.14. The molecule has 0 fully saturated rings. The number of rotatable bonds is 1. The Labute approximate surface area is 130 Å². The van der Waals surface area contributed by atoms with Crippen LogP contribution < -0.4 is 0 Å². The minimum atomic E-state index is 0.717. The summed E-state index contributed by atoms with van der Waals surface area (Å²) in [5.41, 5.74) is 5.42. The molecule has 0 amide bonds. The molecule has 3 rings (SSSR count). The number of imidazole rings is 1. The summed E-state index contributed by atoms with van der Waals surface area (Å²) in [6, 6.07) is 10.2. The van der Waals surface area contributed by atoms with Crippen molar-refractivity contribution in [1.82, 2.24) is 9.97 Å². The van der Waals surface area contributed by atoms with Gasteiger partial charge in [0, 0.05) is 9.13 Å². The minimum Gasteiger partial charge on any atom is -0.338 e. The molecule has 0 aliphatic heterocycles. The predicted molar refractivity (Wildman–Crippen MR) is 88.7 cm³/mol. The Morgan fingerprint density at radius 1 is 1.16 bits per heavy atom. The SMILES string of the molecule is Cc1cc(C)c2nc(-c3cc(I)ccc3Cl)[nH]c2c1. The number of fused-ring (bicyclic) bond motifs is 1. The molecule has 0 saturated heterocycles. The van der Waals surface area contributed by atoms with Crippen molar-refractivity contribution in [2.24, 2.45) is 0 Å². The van der Waals surface area contributed by atoms with Gasteiger partial charge >= 0.3 is 0 Å². The van der Waals surface area contributed by atoms with E-state index in [2.05, 4.69) is 58.5 Å². The van der Waals surface area contributed by atoms with Crippen LogP contribution in [0.15, 0.2) is 30.3 Å². The normalized spacial score (nSPS) is 11.2. The molecule has 2 aromatic carbocycles. The Kier molecular flexibility index (Phi) is 3.27. The molecule has 0 aliphatic carbocycles. The van der Waals surface area contributed by atoms with E-state index in [0.717, 1.165) is 26.0 Å². The highest BCUT2D eigenvalue weighted by atomic mass is 127. The molecule has 0 saturated carbocycles. The molecule has 96 valence electrons. The van der Waals surface area contributed by atoms with Crippen LogP contribution in [0.2, 0.25) is 5.02 Å². The Bertz CT molecular complexity index is 777. The number of halogens is 2. The largest absolute Gasteiger partial charge is 0.338 e. The van der Waals surface area contributed by atoms with E-state index < -0.39 is 0 Å². The Hall–Kier alpha value is -1.07. The number of aromatic nitrogens is 2. The average Bonchev–Trinajstić information content (AvgIpc) is 2.76. The van der Waals surface area contributed by atoms with Crippen molar-refractivity contribution in [2.45, 2.75) is 13.8 Å². The van der Waals surface area contributed by atoms with Crippen molar-refractivity contribution in [3.8, 4) is 11.4 Å². The van der Waals surface area contributed by atoms with E-state index in [4.69, 9.17) is 11.6 Å². The van der Waals surface area contributed by atoms with Crippen LogP contribution in [0.1, 0.15) is 11.1 Å². The first-order valence-electron chi connectivity index (χ1n) is 5.97. The van der Waals surface area contributed by atoms with Gasteiger partial charge in [0.05, 0.1) is 16.1 Å². The first-order chi connectivity index (χ1) is 9.04. The highest BCUT2D eigenvalue weighted by Crippen LogP contribution is 2.30. The summed E-state index contributed by atoms with van der Waals surface area (Å²) in [4.78, 5) is 8.04. The summed E-state index contributed by atoms with van der Waals surface area (Å²) in [5.74, 6) is 0.826. The highest BCUT2D eigenvalue weighted by Gasteiger charge is 2.11. The maximum absolute atomic E-state index is 6.27. The Morgan fingerprint density at radius 2 is 1.95 bits per heavy atom. The van der Waals surface area contributed by atoms with Crippen LogP contribution in [0.5, 0.6) is 0 Å². The molecule has 0 radical (unpaired) electrons. The first kappa shape index (κ1) is 12.9. The number of aromatic amines is 1. The van der Waals surface area contributed by atoms with Gasteiger partial charge in [-0.2, -0.15) is 0 Å². The number of aryl methyl sites for hydroxylation is 2. The van der Waals surface area contributed by atoms with Gasteiger partial charge in [0.2, 0.25) is 0 Å². The van der Waals surface area contributed by atoms with E-state index in [1.165, 1.54) is 11.1 Å². The van der Waals surface area contributed by atoms with Crippen molar-refractivity contribution < 1.29 is 0 Å². The molecule has 1 N–H and O–H groups in total. The second-order valence-corrected chi connectivity index (χ2v) is 6.34. The second-order valence-electron chi connectivity index (χ2n) is 4.69. The van der Waals surface area contributed by atoms with Gasteiger partial charge in [-0.3, -0.25) is 0 Å². The third kappa shape index (κ3) is 2.37. The summed E-state index contributed by atoms with van der Waals surface area (Å²) in [6.45, 7) is 4.17. The van der Waals surface area contributed by atoms with Gasteiger partial charge in [0.15, 0.2) is 0 Å². The van der Waals surface area contributed by atoms with Gasteiger partial charge in [-0.1, -0.05) is 17.7 Å². The smallest absolute Gasteiger partial charge is 0.140 e. The quantitative estimate of drug-likeness (QED) is 0.583. The lowest BCUT2D eigenvalue weighted by molar-refractivity contribution is 1.33. The molecule has 4 heteroatoms. The number of hydrogen-bond donors (Lipinski definition) is 1. The van der Waals surface area contributed by atoms with Gasteiger partial charge in [0.25, 0.3) is 0 Å². The van der Waals surface area contributed by atoms with Crippen LogP contribution in [0.3, 0.4) is 0 Å². The molecule has 0 spiro atoms. The zero-order valence-corrected chi connectivity index (χ0v) is 13.5. The van der Waals surface area contributed by atoms with E-state index in [0.29, 0.717) is 5.02 Å². The summed E-state index contributed by atoms with van der Waals surface area (Å²) in [5, 5.41) is 0.717. The zero-order chi connectivity index (χ0) is 13.6. The van der Waals surface area contributed by atoms with E-state index in [1.54, 1.807) is 0 Å². The highest BCUT2D eigenvalue weighted by molar-refractivity contribution is 14.1.